The topological polar surface area (TPSA) is 35.5 Å². The lowest BCUT2D eigenvalue weighted by Gasteiger charge is -2.10. The molecule has 1 aromatic heterocycles. The molecule has 100 valence electrons. The zero-order chi connectivity index (χ0) is 13.7. The van der Waals surface area contributed by atoms with Gasteiger partial charge in [-0.3, -0.25) is 4.79 Å². The number of carbonyl (C=O) groups is 1. The van der Waals surface area contributed by atoms with Crippen LogP contribution in [-0.2, 0) is 0 Å². The van der Waals surface area contributed by atoms with E-state index in [1.165, 1.54) is 11.3 Å². The minimum absolute atomic E-state index is 0.00981. The van der Waals surface area contributed by atoms with Gasteiger partial charge >= 0.3 is 0 Å². The Balaban J connectivity index is 2.00. The highest BCUT2D eigenvalue weighted by Gasteiger charge is 2.11. The molecule has 0 radical (unpaired) electrons. The molecule has 1 aromatic carbocycles. The highest BCUT2D eigenvalue weighted by molar-refractivity contribution is 7.14. The fourth-order valence-electron chi connectivity index (χ4n) is 1.64. The standard InChI is InChI=1S/C15H16O3S/c1-3-17-13-6-4-5-7-14(13)18-10-12(16)15-9-8-11(2)19-15/h4-9H,3,10H2,1-2H3. The molecule has 0 atom stereocenters. The maximum absolute atomic E-state index is 11.9. The number of ketones is 1. The molecule has 4 heteroatoms. The van der Waals surface area contributed by atoms with E-state index in [1.807, 2.05) is 44.2 Å². The van der Waals surface area contributed by atoms with Crippen LogP contribution in [0, 0.1) is 6.92 Å². The van der Waals surface area contributed by atoms with Gasteiger partial charge < -0.3 is 9.47 Å². The zero-order valence-corrected chi connectivity index (χ0v) is 11.8. The van der Waals surface area contributed by atoms with Gasteiger partial charge in [0, 0.05) is 4.88 Å². The van der Waals surface area contributed by atoms with Crippen LogP contribution in [0.2, 0.25) is 0 Å². The van der Waals surface area contributed by atoms with Crippen LogP contribution < -0.4 is 9.47 Å². The first-order valence-electron chi connectivity index (χ1n) is 6.15. The Bertz CT molecular complexity index is 560. The SMILES string of the molecule is CCOc1ccccc1OCC(=O)c1ccc(C)s1. The van der Waals surface area contributed by atoms with Gasteiger partial charge in [0.05, 0.1) is 11.5 Å². The van der Waals surface area contributed by atoms with Gasteiger partial charge in [0.25, 0.3) is 0 Å². The largest absolute Gasteiger partial charge is 0.490 e. The van der Waals surface area contributed by atoms with Gasteiger partial charge in [0.15, 0.2) is 18.1 Å². The maximum atomic E-state index is 11.9. The van der Waals surface area contributed by atoms with Crippen LogP contribution in [0.4, 0.5) is 0 Å². The zero-order valence-electron chi connectivity index (χ0n) is 11.0. The lowest BCUT2D eigenvalue weighted by atomic mass is 10.3. The Kier molecular flexibility index (Phi) is 4.58. The number of hydrogen-bond donors (Lipinski definition) is 0. The van der Waals surface area contributed by atoms with Crippen molar-refractivity contribution in [2.75, 3.05) is 13.2 Å². The van der Waals surface area contributed by atoms with Crippen molar-refractivity contribution in [2.45, 2.75) is 13.8 Å². The van der Waals surface area contributed by atoms with E-state index in [4.69, 9.17) is 9.47 Å². The van der Waals surface area contributed by atoms with Crippen molar-refractivity contribution in [3.63, 3.8) is 0 Å². The first kappa shape index (κ1) is 13.6. The summed E-state index contributed by atoms with van der Waals surface area (Å²) in [5.41, 5.74) is 0. The second-order valence-corrected chi connectivity index (χ2v) is 5.29. The first-order chi connectivity index (χ1) is 9.20. The Labute approximate surface area is 116 Å². The van der Waals surface area contributed by atoms with Gasteiger partial charge in [-0.25, -0.2) is 0 Å². The number of rotatable bonds is 6. The third kappa shape index (κ3) is 3.58. The molecule has 0 saturated carbocycles. The van der Waals surface area contributed by atoms with Crippen LogP contribution in [-0.4, -0.2) is 19.0 Å². The van der Waals surface area contributed by atoms with E-state index in [-0.39, 0.29) is 12.4 Å². The molecule has 19 heavy (non-hydrogen) atoms. The van der Waals surface area contributed by atoms with Gasteiger partial charge in [0.2, 0.25) is 5.78 Å². The van der Waals surface area contributed by atoms with Crippen LogP contribution in [0.3, 0.4) is 0 Å². The average Bonchev–Trinajstić information content (AvgIpc) is 2.84. The van der Waals surface area contributed by atoms with Crippen molar-refractivity contribution >= 4 is 17.1 Å². The van der Waals surface area contributed by atoms with Crippen molar-refractivity contribution < 1.29 is 14.3 Å². The average molecular weight is 276 g/mol. The number of para-hydroxylation sites is 2. The van der Waals surface area contributed by atoms with Gasteiger partial charge in [-0.2, -0.15) is 0 Å². The molecule has 2 rings (SSSR count). The molecule has 0 fully saturated rings. The summed E-state index contributed by atoms with van der Waals surface area (Å²) in [6.45, 7) is 4.49. The Hall–Kier alpha value is -1.81. The number of carbonyl (C=O) groups excluding carboxylic acids is 1. The summed E-state index contributed by atoms with van der Waals surface area (Å²) >= 11 is 1.48. The molecule has 0 amide bonds. The lowest BCUT2D eigenvalue weighted by Crippen LogP contribution is -2.10. The molecular formula is C15H16O3S. The predicted molar refractivity (Wildman–Crippen MR) is 76.5 cm³/mol. The summed E-state index contributed by atoms with van der Waals surface area (Å²) < 4.78 is 11.0. The number of thiophene rings is 1. The highest BCUT2D eigenvalue weighted by Crippen LogP contribution is 2.26. The second-order valence-electron chi connectivity index (χ2n) is 4.00. The third-order valence-corrected chi connectivity index (χ3v) is 3.56. The molecule has 0 bridgehead atoms. The normalized spacial score (nSPS) is 10.2. The fraction of sp³-hybridized carbons (Fsp3) is 0.267. The van der Waals surface area contributed by atoms with E-state index in [0.717, 1.165) is 9.75 Å². The monoisotopic (exact) mass is 276 g/mol. The van der Waals surface area contributed by atoms with Crippen molar-refractivity contribution in [1.29, 1.82) is 0 Å². The molecule has 0 spiro atoms. The van der Waals surface area contributed by atoms with Crippen molar-refractivity contribution in [3.8, 4) is 11.5 Å². The van der Waals surface area contributed by atoms with E-state index in [9.17, 15) is 4.79 Å². The summed E-state index contributed by atoms with van der Waals surface area (Å²) in [5, 5.41) is 0. The van der Waals surface area contributed by atoms with E-state index in [2.05, 4.69) is 0 Å². The molecule has 0 aliphatic rings. The van der Waals surface area contributed by atoms with E-state index in [0.29, 0.717) is 18.1 Å². The van der Waals surface area contributed by atoms with Gasteiger partial charge in [-0.1, -0.05) is 12.1 Å². The number of benzene rings is 1. The van der Waals surface area contributed by atoms with Crippen molar-refractivity contribution in [1.82, 2.24) is 0 Å². The van der Waals surface area contributed by atoms with E-state index < -0.39 is 0 Å². The van der Waals surface area contributed by atoms with Crippen LogP contribution >= 0.6 is 11.3 Å². The summed E-state index contributed by atoms with van der Waals surface area (Å²) in [7, 11) is 0. The van der Waals surface area contributed by atoms with Crippen molar-refractivity contribution in [3.05, 3.63) is 46.2 Å². The Morgan fingerprint density at radius 1 is 1.11 bits per heavy atom. The number of hydrogen-bond acceptors (Lipinski definition) is 4. The maximum Gasteiger partial charge on any atom is 0.210 e. The predicted octanol–water partition coefficient (Wildman–Crippen LogP) is 3.72. The van der Waals surface area contributed by atoms with Crippen LogP contribution in [0.15, 0.2) is 36.4 Å². The number of aryl methyl sites for hydroxylation is 1. The quantitative estimate of drug-likeness (QED) is 0.754. The number of ether oxygens (including phenoxy) is 2. The lowest BCUT2D eigenvalue weighted by molar-refractivity contribution is 0.0923. The van der Waals surface area contributed by atoms with Crippen LogP contribution in [0.1, 0.15) is 21.5 Å². The molecule has 1 heterocycles. The summed E-state index contributed by atoms with van der Waals surface area (Å²) in [6.07, 6.45) is 0. The van der Waals surface area contributed by atoms with E-state index in [1.54, 1.807) is 6.07 Å². The molecule has 0 unspecified atom stereocenters. The highest BCUT2D eigenvalue weighted by atomic mass is 32.1. The summed E-state index contributed by atoms with van der Waals surface area (Å²) in [6, 6.07) is 11.1. The minimum atomic E-state index is -0.00981. The molecule has 0 aliphatic carbocycles. The van der Waals surface area contributed by atoms with Crippen molar-refractivity contribution in [2.24, 2.45) is 0 Å². The molecule has 0 aliphatic heterocycles. The Morgan fingerprint density at radius 2 is 1.79 bits per heavy atom. The van der Waals surface area contributed by atoms with Crippen LogP contribution in [0.5, 0.6) is 11.5 Å². The van der Waals surface area contributed by atoms with Crippen LogP contribution in [0.25, 0.3) is 0 Å². The van der Waals surface area contributed by atoms with Gasteiger partial charge in [-0.05, 0) is 38.1 Å². The summed E-state index contributed by atoms with van der Waals surface area (Å²) in [4.78, 5) is 13.8. The fourth-order valence-corrected chi connectivity index (χ4v) is 2.43. The molecule has 2 aromatic rings. The molecule has 3 nitrogen and oxygen atoms in total. The molecular weight excluding hydrogens is 260 g/mol. The minimum Gasteiger partial charge on any atom is -0.490 e. The summed E-state index contributed by atoms with van der Waals surface area (Å²) in [5.74, 6) is 1.26. The molecule has 0 N–H and O–H groups in total. The third-order valence-electron chi connectivity index (χ3n) is 2.52. The number of Topliss-reactive ketones (excluding diaryl/α,β-unsaturated/α-hetero) is 1. The Morgan fingerprint density at radius 3 is 2.37 bits per heavy atom. The smallest absolute Gasteiger partial charge is 0.210 e. The van der Waals surface area contributed by atoms with Gasteiger partial charge in [-0.15, -0.1) is 11.3 Å². The van der Waals surface area contributed by atoms with E-state index >= 15 is 0 Å². The first-order valence-corrected chi connectivity index (χ1v) is 6.96. The molecule has 0 saturated heterocycles. The second kappa shape index (κ2) is 6.38. The van der Waals surface area contributed by atoms with Gasteiger partial charge in [0.1, 0.15) is 0 Å².